The van der Waals surface area contributed by atoms with E-state index >= 15 is 0 Å². The van der Waals surface area contributed by atoms with Gasteiger partial charge in [-0.25, -0.2) is 0 Å². The lowest BCUT2D eigenvalue weighted by Crippen LogP contribution is -2.47. The quantitative estimate of drug-likeness (QED) is 0.918. The first-order valence-electron chi connectivity index (χ1n) is 8.10. The zero-order valence-corrected chi connectivity index (χ0v) is 13.1. The molecule has 0 spiro atoms. The number of amides is 1. The van der Waals surface area contributed by atoms with Crippen molar-refractivity contribution in [2.45, 2.75) is 31.7 Å². The number of likely N-dealkylation sites (N-methyl/N-ethyl adjacent to an activating group) is 1. The maximum absolute atomic E-state index is 12.4. The number of hydrogen-bond donors (Lipinski definition) is 1. The molecular formula is C17H24N2O3. The second kappa shape index (κ2) is 7.01. The minimum absolute atomic E-state index is 0.245. The van der Waals surface area contributed by atoms with E-state index in [9.17, 15) is 4.79 Å². The summed E-state index contributed by atoms with van der Waals surface area (Å²) in [5.41, 5.74) is 1.12. The number of carbonyl (C=O) groups is 1. The number of rotatable bonds is 4. The molecule has 0 unspecified atom stereocenters. The molecule has 0 bridgehead atoms. The zero-order valence-electron chi connectivity index (χ0n) is 13.1. The first-order valence-corrected chi connectivity index (χ1v) is 8.10. The summed E-state index contributed by atoms with van der Waals surface area (Å²) in [6.07, 6.45) is 3.54. The molecule has 5 heteroatoms. The van der Waals surface area contributed by atoms with Gasteiger partial charge >= 0.3 is 0 Å². The number of carbonyl (C=O) groups excluding carboxylic acids is 1. The Morgan fingerprint density at radius 2 is 2.14 bits per heavy atom. The Hall–Kier alpha value is -1.75. The topological polar surface area (TPSA) is 50.8 Å². The number of nitrogens with one attached hydrogen (secondary N) is 1. The van der Waals surface area contributed by atoms with Gasteiger partial charge in [0.15, 0.2) is 11.5 Å². The lowest BCUT2D eigenvalue weighted by molar-refractivity contribution is -0.132. The lowest BCUT2D eigenvalue weighted by Gasteiger charge is -2.32. The minimum atomic E-state index is 0.245. The molecule has 0 aromatic heterocycles. The molecule has 1 atom stereocenters. The largest absolute Gasteiger partial charge is 0.486 e. The van der Waals surface area contributed by atoms with E-state index in [-0.39, 0.29) is 5.91 Å². The highest BCUT2D eigenvalue weighted by Crippen LogP contribution is 2.31. The van der Waals surface area contributed by atoms with Crippen LogP contribution in [0.15, 0.2) is 18.2 Å². The van der Waals surface area contributed by atoms with E-state index < -0.39 is 0 Å². The molecule has 1 saturated heterocycles. The molecule has 22 heavy (non-hydrogen) atoms. The zero-order chi connectivity index (χ0) is 15.4. The Balaban J connectivity index is 1.54. The molecule has 5 nitrogen and oxygen atoms in total. The molecule has 2 heterocycles. The summed E-state index contributed by atoms with van der Waals surface area (Å²) in [6.45, 7) is 2.91. The first kappa shape index (κ1) is 15.2. The van der Waals surface area contributed by atoms with Crippen molar-refractivity contribution in [3.63, 3.8) is 0 Å². The molecule has 1 aromatic carbocycles. The van der Waals surface area contributed by atoms with Crippen molar-refractivity contribution in [2.75, 3.05) is 33.4 Å². The van der Waals surface area contributed by atoms with Crippen molar-refractivity contribution in [3.8, 4) is 11.5 Å². The number of nitrogens with zero attached hydrogens (tertiary/aromatic N) is 1. The monoisotopic (exact) mass is 304 g/mol. The van der Waals surface area contributed by atoms with Crippen LogP contribution in [0.5, 0.6) is 11.5 Å². The van der Waals surface area contributed by atoms with Gasteiger partial charge in [0.1, 0.15) is 13.2 Å². The summed E-state index contributed by atoms with van der Waals surface area (Å²) in [5.74, 6) is 1.84. The highest BCUT2D eigenvalue weighted by Gasteiger charge is 2.22. The Morgan fingerprint density at radius 3 is 2.95 bits per heavy atom. The smallest absolute Gasteiger partial charge is 0.222 e. The van der Waals surface area contributed by atoms with Crippen LogP contribution in [0.2, 0.25) is 0 Å². The average Bonchev–Trinajstić information content (AvgIpc) is 2.59. The fourth-order valence-electron chi connectivity index (χ4n) is 3.09. The lowest BCUT2D eigenvalue weighted by atomic mass is 10.0. The summed E-state index contributed by atoms with van der Waals surface area (Å²) >= 11 is 0. The number of fused-ring (bicyclic) bond motifs is 1. The molecule has 2 aliphatic rings. The summed E-state index contributed by atoms with van der Waals surface area (Å²) in [4.78, 5) is 14.4. The highest BCUT2D eigenvalue weighted by molar-refractivity contribution is 5.76. The molecule has 2 aliphatic heterocycles. The fourth-order valence-corrected chi connectivity index (χ4v) is 3.09. The SMILES string of the molecule is CN[C@H]1CCCN(C(=O)CCc2ccc3c(c2)OCCO3)C1. The van der Waals surface area contributed by atoms with Crippen LogP contribution in [0.4, 0.5) is 0 Å². The normalized spacial score (nSPS) is 20.8. The Bertz CT molecular complexity index is 533. The van der Waals surface area contributed by atoms with Gasteiger partial charge in [-0.1, -0.05) is 6.07 Å². The van der Waals surface area contributed by atoms with Crippen LogP contribution >= 0.6 is 0 Å². The van der Waals surface area contributed by atoms with Gasteiger partial charge in [0.2, 0.25) is 5.91 Å². The number of piperidine rings is 1. The van der Waals surface area contributed by atoms with Crippen LogP contribution in [0.3, 0.4) is 0 Å². The van der Waals surface area contributed by atoms with Crippen molar-refractivity contribution < 1.29 is 14.3 Å². The van der Waals surface area contributed by atoms with Crippen molar-refractivity contribution in [2.24, 2.45) is 0 Å². The van der Waals surface area contributed by atoms with Gasteiger partial charge in [0.05, 0.1) is 0 Å². The van der Waals surface area contributed by atoms with Crippen LogP contribution < -0.4 is 14.8 Å². The number of ether oxygens (including phenoxy) is 2. The van der Waals surface area contributed by atoms with E-state index in [0.717, 1.165) is 49.4 Å². The van der Waals surface area contributed by atoms with E-state index in [1.165, 1.54) is 0 Å². The molecule has 0 radical (unpaired) electrons. The van der Waals surface area contributed by atoms with Gasteiger partial charge in [0.25, 0.3) is 0 Å². The molecule has 1 N–H and O–H groups in total. The number of benzene rings is 1. The molecule has 1 fully saturated rings. The fraction of sp³-hybridized carbons (Fsp3) is 0.588. The minimum Gasteiger partial charge on any atom is -0.486 e. The molecule has 3 rings (SSSR count). The van der Waals surface area contributed by atoms with E-state index in [2.05, 4.69) is 5.32 Å². The van der Waals surface area contributed by atoms with Gasteiger partial charge in [-0.15, -0.1) is 0 Å². The van der Waals surface area contributed by atoms with E-state index in [1.807, 2.05) is 30.1 Å². The van der Waals surface area contributed by atoms with Crippen LogP contribution in [-0.4, -0.2) is 50.2 Å². The second-order valence-electron chi connectivity index (χ2n) is 5.95. The van der Waals surface area contributed by atoms with E-state index in [1.54, 1.807) is 0 Å². The van der Waals surface area contributed by atoms with Gasteiger partial charge in [-0.05, 0) is 44.0 Å². The van der Waals surface area contributed by atoms with E-state index in [0.29, 0.717) is 25.7 Å². The van der Waals surface area contributed by atoms with Gasteiger partial charge in [-0.3, -0.25) is 4.79 Å². The maximum Gasteiger partial charge on any atom is 0.222 e. The van der Waals surface area contributed by atoms with Crippen molar-refractivity contribution in [1.29, 1.82) is 0 Å². The Kier molecular flexibility index (Phi) is 4.83. The van der Waals surface area contributed by atoms with Gasteiger partial charge in [0, 0.05) is 25.6 Å². The molecule has 1 amide bonds. The summed E-state index contributed by atoms with van der Waals surface area (Å²) in [6, 6.07) is 6.39. The van der Waals surface area contributed by atoms with E-state index in [4.69, 9.17) is 9.47 Å². The number of likely N-dealkylation sites (tertiary alicyclic amines) is 1. The molecule has 0 aliphatic carbocycles. The predicted octanol–water partition coefficient (Wildman–Crippen LogP) is 1.60. The number of hydrogen-bond acceptors (Lipinski definition) is 4. The van der Waals surface area contributed by atoms with Crippen molar-refractivity contribution in [3.05, 3.63) is 23.8 Å². The Morgan fingerprint density at radius 1 is 1.32 bits per heavy atom. The van der Waals surface area contributed by atoms with Crippen LogP contribution in [0, 0.1) is 0 Å². The summed E-state index contributed by atoms with van der Waals surface area (Å²) in [7, 11) is 1.97. The third-order valence-electron chi connectivity index (χ3n) is 4.42. The molecule has 120 valence electrons. The van der Waals surface area contributed by atoms with Crippen molar-refractivity contribution in [1.82, 2.24) is 10.2 Å². The van der Waals surface area contributed by atoms with Gasteiger partial charge < -0.3 is 19.7 Å². The van der Waals surface area contributed by atoms with Crippen LogP contribution in [0.1, 0.15) is 24.8 Å². The predicted molar refractivity (Wildman–Crippen MR) is 84.4 cm³/mol. The Labute approximate surface area is 131 Å². The van der Waals surface area contributed by atoms with Gasteiger partial charge in [-0.2, -0.15) is 0 Å². The second-order valence-corrected chi connectivity index (χ2v) is 5.95. The van der Waals surface area contributed by atoms with Crippen molar-refractivity contribution >= 4 is 5.91 Å². The first-order chi connectivity index (χ1) is 10.8. The van der Waals surface area contributed by atoms with Crippen LogP contribution in [-0.2, 0) is 11.2 Å². The molecule has 0 saturated carbocycles. The maximum atomic E-state index is 12.4. The molecule has 1 aromatic rings. The van der Waals surface area contributed by atoms with Crippen LogP contribution in [0.25, 0.3) is 0 Å². The summed E-state index contributed by atoms with van der Waals surface area (Å²) in [5, 5.41) is 3.27. The third-order valence-corrected chi connectivity index (χ3v) is 4.42. The number of aryl methyl sites for hydroxylation is 1. The highest BCUT2D eigenvalue weighted by atomic mass is 16.6. The average molecular weight is 304 g/mol. The standard InChI is InChI=1S/C17H24N2O3/c1-18-14-3-2-8-19(12-14)17(20)7-5-13-4-6-15-16(11-13)22-10-9-21-15/h4,6,11,14,18H,2-3,5,7-10,12H2,1H3/t14-/m0/s1. The molecular weight excluding hydrogens is 280 g/mol. The third kappa shape index (κ3) is 3.53. The summed E-state index contributed by atoms with van der Waals surface area (Å²) < 4.78 is 11.1.